The highest BCUT2D eigenvalue weighted by molar-refractivity contribution is 8.18. The summed E-state index contributed by atoms with van der Waals surface area (Å²) in [6.07, 6.45) is 1.55. The first-order valence-electron chi connectivity index (χ1n) is 6.72. The van der Waals surface area contributed by atoms with Gasteiger partial charge >= 0.3 is 0 Å². The van der Waals surface area contributed by atoms with Gasteiger partial charge in [0.05, 0.1) is 11.4 Å². The van der Waals surface area contributed by atoms with Gasteiger partial charge in [0.2, 0.25) is 0 Å². The minimum atomic E-state index is -0.331. The lowest BCUT2D eigenvalue weighted by Gasteiger charge is -2.12. The SMILES string of the molecule is O=C1S/C(=C/c2ccccc2O)C(=O)N1Cc1ccccc1. The van der Waals surface area contributed by atoms with Gasteiger partial charge < -0.3 is 5.11 Å². The van der Waals surface area contributed by atoms with Crippen LogP contribution in [0.5, 0.6) is 5.75 Å². The molecule has 4 nitrogen and oxygen atoms in total. The van der Waals surface area contributed by atoms with Crippen LogP contribution in [-0.4, -0.2) is 21.2 Å². The Kier molecular flexibility index (Phi) is 3.98. The second-order valence-electron chi connectivity index (χ2n) is 4.81. The van der Waals surface area contributed by atoms with E-state index in [2.05, 4.69) is 0 Å². The zero-order chi connectivity index (χ0) is 15.5. The average Bonchev–Trinajstić information content (AvgIpc) is 2.78. The Hall–Kier alpha value is -2.53. The van der Waals surface area contributed by atoms with E-state index in [-0.39, 0.29) is 23.4 Å². The molecule has 2 amide bonds. The maximum absolute atomic E-state index is 12.4. The minimum Gasteiger partial charge on any atom is -0.507 e. The molecule has 5 heteroatoms. The van der Waals surface area contributed by atoms with E-state index in [4.69, 9.17) is 0 Å². The fourth-order valence-corrected chi connectivity index (χ4v) is 2.98. The number of para-hydroxylation sites is 1. The van der Waals surface area contributed by atoms with Gasteiger partial charge in [-0.15, -0.1) is 0 Å². The highest BCUT2D eigenvalue weighted by Gasteiger charge is 2.35. The number of carbonyl (C=O) groups excluding carboxylic acids is 2. The predicted molar refractivity (Wildman–Crippen MR) is 86.1 cm³/mol. The maximum Gasteiger partial charge on any atom is 0.293 e. The number of benzene rings is 2. The van der Waals surface area contributed by atoms with Crippen molar-refractivity contribution in [2.75, 3.05) is 0 Å². The lowest BCUT2D eigenvalue weighted by atomic mass is 10.2. The summed E-state index contributed by atoms with van der Waals surface area (Å²) in [5.74, 6) is -0.250. The Morgan fingerprint density at radius 1 is 1.00 bits per heavy atom. The number of hydrogen-bond donors (Lipinski definition) is 1. The van der Waals surface area contributed by atoms with Crippen LogP contribution in [0, 0.1) is 0 Å². The fourth-order valence-electron chi connectivity index (χ4n) is 2.15. The quantitative estimate of drug-likeness (QED) is 0.879. The Balaban J connectivity index is 1.84. The van der Waals surface area contributed by atoms with Crippen LogP contribution in [0.3, 0.4) is 0 Å². The van der Waals surface area contributed by atoms with E-state index in [1.54, 1.807) is 30.3 Å². The average molecular weight is 311 g/mol. The number of thioether (sulfide) groups is 1. The fraction of sp³-hybridized carbons (Fsp3) is 0.0588. The molecular weight excluding hydrogens is 298 g/mol. The zero-order valence-electron chi connectivity index (χ0n) is 11.6. The zero-order valence-corrected chi connectivity index (χ0v) is 12.4. The van der Waals surface area contributed by atoms with Crippen LogP contribution in [0.2, 0.25) is 0 Å². The van der Waals surface area contributed by atoms with Crippen molar-refractivity contribution in [3.8, 4) is 5.75 Å². The molecule has 0 unspecified atom stereocenters. The number of rotatable bonds is 3. The second kappa shape index (κ2) is 6.07. The minimum absolute atomic E-state index is 0.0809. The molecule has 0 spiro atoms. The smallest absolute Gasteiger partial charge is 0.293 e. The van der Waals surface area contributed by atoms with E-state index in [9.17, 15) is 14.7 Å². The molecule has 0 aliphatic carbocycles. The highest BCUT2D eigenvalue weighted by atomic mass is 32.2. The van der Waals surface area contributed by atoms with Crippen LogP contribution in [0.25, 0.3) is 6.08 Å². The number of hydrogen-bond acceptors (Lipinski definition) is 4. The summed E-state index contributed by atoms with van der Waals surface area (Å²) in [4.78, 5) is 25.9. The first-order chi connectivity index (χ1) is 10.6. The molecule has 110 valence electrons. The monoisotopic (exact) mass is 311 g/mol. The van der Waals surface area contributed by atoms with Gasteiger partial charge in [-0.3, -0.25) is 14.5 Å². The Morgan fingerprint density at radius 3 is 2.41 bits per heavy atom. The number of amides is 2. The van der Waals surface area contributed by atoms with Gasteiger partial charge in [-0.05, 0) is 29.5 Å². The van der Waals surface area contributed by atoms with Gasteiger partial charge in [0.15, 0.2) is 0 Å². The third kappa shape index (κ3) is 2.89. The standard InChI is InChI=1S/C17H13NO3S/c19-14-9-5-4-8-13(14)10-15-16(20)18(17(21)22-15)11-12-6-2-1-3-7-12/h1-10,19H,11H2/b15-10+. The second-order valence-corrected chi connectivity index (χ2v) is 5.81. The normalized spacial score (nSPS) is 16.5. The Morgan fingerprint density at radius 2 is 1.68 bits per heavy atom. The topological polar surface area (TPSA) is 57.6 Å². The van der Waals surface area contributed by atoms with Crippen LogP contribution in [0.4, 0.5) is 4.79 Å². The summed E-state index contributed by atoms with van der Waals surface area (Å²) in [5, 5.41) is 9.46. The molecule has 0 bridgehead atoms. The van der Waals surface area contributed by atoms with Crippen LogP contribution >= 0.6 is 11.8 Å². The van der Waals surface area contributed by atoms with E-state index < -0.39 is 0 Å². The van der Waals surface area contributed by atoms with Crippen LogP contribution in [0.15, 0.2) is 59.5 Å². The molecule has 22 heavy (non-hydrogen) atoms. The van der Waals surface area contributed by atoms with E-state index in [0.717, 1.165) is 17.3 Å². The number of carbonyl (C=O) groups is 2. The third-order valence-electron chi connectivity index (χ3n) is 3.28. The van der Waals surface area contributed by atoms with Gasteiger partial charge in [0, 0.05) is 5.56 Å². The number of nitrogens with zero attached hydrogens (tertiary/aromatic N) is 1. The van der Waals surface area contributed by atoms with E-state index in [0.29, 0.717) is 10.5 Å². The van der Waals surface area contributed by atoms with Crippen LogP contribution in [-0.2, 0) is 11.3 Å². The largest absolute Gasteiger partial charge is 0.507 e. The molecule has 2 aromatic rings. The Bertz CT molecular complexity index is 756. The molecule has 0 radical (unpaired) electrons. The van der Waals surface area contributed by atoms with Crippen molar-refractivity contribution in [1.29, 1.82) is 0 Å². The van der Waals surface area contributed by atoms with E-state index in [1.165, 1.54) is 4.90 Å². The van der Waals surface area contributed by atoms with E-state index >= 15 is 0 Å². The number of aromatic hydroxyl groups is 1. The van der Waals surface area contributed by atoms with Crippen molar-refractivity contribution in [1.82, 2.24) is 4.90 Å². The first kappa shape index (κ1) is 14.4. The van der Waals surface area contributed by atoms with Crippen molar-refractivity contribution < 1.29 is 14.7 Å². The number of phenolic OH excluding ortho intramolecular Hbond substituents is 1. The first-order valence-corrected chi connectivity index (χ1v) is 7.54. The molecule has 1 fully saturated rings. The summed E-state index contributed by atoms with van der Waals surface area (Å²) in [7, 11) is 0. The number of imide groups is 1. The van der Waals surface area contributed by atoms with Gasteiger partial charge in [-0.1, -0.05) is 48.5 Å². The van der Waals surface area contributed by atoms with E-state index in [1.807, 2.05) is 30.3 Å². The van der Waals surface area contributed by atoms with Crippen LogP contribution in [0.1, 0.15) is 11.1 Å². The molecule has 3 rings (SSSR count). The predicted octanol–water partition coefficient (Wildman–Crippen LogP) is 3.63. The van der Waals surface area contributed by atoms with Gasteiger partial charge in [-0.2, -0.15) is 0 Å². The molecule has 1 aliphatic rings. The molecule has 1 heterocycles. The highest BCUT2D eigenvalue weighted by Crippen LogP contribution is 2.34. The lowest BCUT2D eigenvalue weighted by molar-refractivity contribution is -0.123. The Labute approximate surface area is 132 Å². The maximum atomic E-state index is 12.4. The van der Waals surface area contributed by atoms with Gasteiger partial charge in [0.1, 0.15) is 5.75 Å². The van der Waals surface area contributed by atoms with Crippen molar-refractivity contribution >= 4 is 29.0 Å². The van der Waals surface area contributed by atoms with Crippen molar-refractivity contribution in [3.05, 3.63) is 70.6 Å². The third-order valence-corrected chi connectivity index (χ3v) is 4.19. The molecule has 2 aromatic carbocycles. The molecule has 1 N–H and O–H groups in total. The van der Waals surface area contributed by atoms with Crippen molar-refractivity contribution in [2.24, 2.45) is 0 Å². The molecule has 1 aliphatic heterocycles. The van der Waals surface area contributed by atoms with Gasteiger partial charge in [0.25, 0.3) is 11.1 Å². The molecule has 1 saturated heterocycles. The molecule has 0 saturated carbocycles. The number of phenols is 1. The van der Waals surface area contributed by atoms with Gasteiger partial charge in [-0.25, -0.2) is 0 Å². The lowest BCUT2D eigenvalue weighted by Crippen LogP contribution is -2.27. The summed E-state index contributed by atoms with van der Waals surface area (Å²) < 4.78 is 0. The molecule has 0 atom stereocenters. The van der Waals surface area contributed by atoms with Crippen molar-refractivity contribution in [3.63, 3.8) is 0 Å². The summed E-state index contributed by atoms with van der Waals surface area (Å²) in [6.45, 7) is 0.254. The summed E-state index contributed by atoms with van der Waals surface area (Å²) >= 11 is 0.892. The van der Waals surface area contributed by atoms with Crippen LogP contribution < -0.4 is 0 Å². The summed E-state index contributed by atoms with van der Waals surface area (Å²) in [6, 6.07) is 16.1. The van der Waals surface area contributed by atoms with Crippen molar-refractivity contribution in [2.45, 2.75) is 6.54 Å². The summed E-state index contributed by atoms with van der Waals surface area (Å²) in [5.41, 5.74) is 1.42. The molecule has 0 aromatic heterocycles. The molecular formula is C17H13NO3S.